The second-order valence-corrected chi connectivity index (χ2v) is 7.33. The number of fused-ring (bicyclic) bond motifs is 1. The molecule has 20 heavy (non-hydrogen) atoms. The summed E-state index contributed by atoms with van der Waals surface area (Å²) in [6.45, 7) is 5.21. The summed E-state index contributed by atoms with van der Waals surface area (Å²) in [6, 6.07) is 0.208. The second kappa shape index (κ2) is 6.23. The minimum Gasteiger partial charge on any atom is -0.338 e. The zero-order valence-corrected chi connectivity index (χ0v) is 13.6. The van der Waals surface area contributed by atoms with Gasteiger partial charge >= 0.3 is 0 Å². The highest BCUT2D eigenvalue weighted by Crippen LogP contribution is 2.47. The first kappa shape index (κ1) is 16.1. The molecule has 0 aromatic rings. The normalized spacial score (nSPS) is 38.0. The quantitative estimate of drug-likeness (QED) is 0.871. The summed E-state index contributed by atoms with van der Waals surface area (Å²) in [4.78, 5) is 14.9. The fourth-order valence-electron chi connectivity index (χ4n) is 4.74. The van der Waals surface area contributed by atoms with E-state index in [9.17, 15) is 4.79 Å². The molecule has 4 atom stereocenters. The highest BCUT2D eigenvalue weighted by molar-refractivity contribution is 5.85. The predicted octanol–water partition coefficient (Wildman–Crippen LogP) is 2.82. The lowest BCUT2D eigenvalue weighted by Crippen LogP contribution is -2.51. The van der Waals surface area contributed by atoms with Crippen LogP contribution in [0, 0.1) is 23.7 Å². The Bertz CT molecular complexity index is 348. The summed E-state index contributed by atoms with van der Waals surface area (Å²) in [5, 5.41) is 0. The Balaban J connectivity index is 0.00000147. The molecule has 0 aromatic carbocycles. The second-order valence-electron chi connectivity index (χ2n) is 7.33. The summed E-state index contributed by atoms with van der Waals surface area (Å²) in [5.41, 5.74) is 6.19. The lowest BCUT2D eigenvalue weighted by molar-refractivity contribution is -0.136. The van der Waals surface area contributed by atoms with Crippen molar-refractivity contribution in [2.24, 2.45) is 29.4 Å². The average molecular weight is 301 g/mol. The summed E-state index contributed by atoms with van der Waals surface area (Å²) < 4.78 is 0. The van der Waals surface area contributed by atoms with Crippen LogP contribution in [-0.2, 0) is 4.79 Å². The van der Waals surface area contributed by atoms with Crippen LogP contribution in [0.2, 0.25) is 0 Å². The third kappa shape index (κ3) is 2.85. The Hall–Kier alpha value is -0.280. The van der Waals surface area contributed by atoms with Gasteiger partial charge in [0, 0.05) is 12.6 Å². The van der Waals surface area contributed by atoms with E-state index in [2.05, 4.69) is 18.7 Å². The van der Waals surface area contributed by atoms with E-state index in [0.717, 1.165) is 30.7 Å². The van der Waals surface area contributed by atoms with Gasteiger partial charge < -0.3 is 10.6 Å². The molecule has 1 amide bonds. The monoisotopic (exact) mass is 300 g/mol. The van der Waals surface area contributed by atoms with Gasteiger partial charge in [-0.1, -0.05) is 20.3 Å². The number of carbonyl (C=O) groups excluding carboxylic acids is 1. The maximum absolute atomic E-state index is 12.7. The molecule has 3 nitrogen and oxygen atoms in total. The Labute approximate surface area is 129 Å². The van der Waals surface area contributed by atoms with E-state index >= 15 is 0 Å². The van der Waals surface area contributed by atoms with E-state index in [0.29, 0.717) is 12.0 Å². The first-order chi connectivity index (χ1) is 9.08. The van der Waals surface area contributed by atoms with Crippen LogP contribution in [0.3, 0.4) is 0 Å². The van der Waals surface area contributed by atoms with Gasteiger partial charge in [0.05, 0.1) is 6.04 Å². The molecule has 2 N–H and O–H groups in total. The minimum atomic E-state index is -0.291. The Morgan fingerprint density at radius 3 is 2.25 bits per heavy atom. The van der Waals surface area contributed by atoms with Crippen molar-refractivity contribution in [1.82, 2.24) is 4.90 Å². The molecule has 2 saturated heterocycles. The Morgan fingerprint density at radius 1 is 1.15 bits per heavy atom. The number of nitrogens with zero attached hydrogens (tertiary/aromatic N) is 1. The molecule has 4 aliphatic rings. The van der Waals surface area contributed by atoms with Crippen molar-refractivity contribution < 1.29 is 4.79 Å². The van der Waals surface area contributed by atoms with E-state index in [1.807, 2.05) is 0 Å². The van der Waals surface area contributed by atoms with Crippen LogP contribution in [0.15, 0.2) is 0 Å². The van der Waals surface area contributed by atoms with Gasteiger partial charge in [-0.3, -0.25) is 4.79 Å². The smallest absolute Gasteiger partial charge is 0.240 e. The van der Waals surface area contributed by atoms with E-state index < -0.39 is 0 Å². The zero-order chi connectivity index (χ0) is 13.6. The first-order valence-corrected chi connectivity index (χ1v) is 8.14. The molecule has 4 rings (SSSR count). The SMILES string of the molecule is CCC(C)C(N)C(=O)N1CC2CC3CC(C2)CC1C3.Cl. The van der Waals surface area contributed by atoms with Gasteiger partial charge in [0.1, 0.15) is 0 Å². The number of rotatable bonds is 3. The predicted molar refractivity (Wildman–Crippen MR) is 83.7 cm³/mol. The molecule has 4 heteroatoms. The molecule has 2 aliphatic carbocycles. The molecular formula is C16H29ClN2O. The van der Waals surface area contributed by atoms with Crippen molar-refractivity contribution in [1.29, 1.82) is 0 Å². The molecular weight excluding hydrogens is 272 g/mol. The van der Waals surface area contributed by atoms with Gasteiger partial charge in [0.15, 0.2) is 0 Å². The maximum atomic E-state index is 12.7. The van der Waals surface area contributed by atoms with Crippen LogP contribution < -0.4 is 5.73 Å². The first-order valence-electron chi connectivity index (χ1n) is 8.14. The van der Waals surface area contributed by atoms with Crippen molar-refractivity contribution in [3.63, 3.8) is 0 Å². The van der Waals surface area contributed by atoms with Crippen molar-refractivity contribution in [2.45, 2.75) is 64.5 Å². The van der Waals surface area contributed by atoms with Crippen LogP contribution in [0.25, 0.3) is 0 Å². The molecule has 4 fully saturated rings. The number of hydrogen-bond donors (Lipinski definition) is 1. The van der Waals surface area contributed by atoms with Crippen molar-refractivity contribution in [3.05, 3.63) is 0 Å². The minimum absolute atomic E-state index is 0. The molecule has 0 radical (unpaired) electrons. The van der Waals surface area contributed by atoms with Gasteiger partial charge in [0.25, 0.3) is 0 Å². The van der Waals surface area contributed by atoms with Crippen LogP contribution in [0.5, 0.6) is 0 Å². The van der Waals surface area contributed by atoms with Gasteiger partial charge in [-0.15, -0.1) is 12.4 Å². The standard InChI is InChI=1S/C16H28N2O.ClH/c1-3-10(2)15(17)16(19)18-9-13-5-11-4-12(6-13)8-14(18)7-11;/h10-15H,3-9,17H2,1-2H3;1H. The molecule has 0 aromatic heterocycles. The summed E-state index contributed by atoms with van der Waals surface area (Å²) in [7, 11) is 0. The number of amides is 1. The van der Waals surface area contributed by atoms with Crippen molar-refractivity contribution in [2.75, 3.05) is 6.54 Å². The van der Waals surface area contributed by atoms with Crippen LogP contribution >= 0.6 is 12.4 Å². The van der Waals surface area contributed by atoms with Gasteiger partial charge in [-0.05, 0) is 55.8 Å². The molecule has 2 aliphatic heterocycles. The van der Waals surface area contributed by atoms with Gasteiger partial charge in [0.2, 0.25) is 5.91 Å². The molecule has 2 heterocycles. The Morgan fingerprint density at radius 2 is 1.70 bits per heavy atom. The van der Waals surface area contributed by atoms with Crippen LogP contribution in [0.4, 0.5) is 0 Å². The van der Waals surface area contributed by atoms with Gasteiger partial charge in [-0.25, -0.2) is 0 Å². The number of halogens is 1. The molecule has 4 unspecified atom stereocenters. The van der Waals surface area contributed by atoms with E-state index in [1.54, 1.807) is 0 Å². The lowest BCUT2D eigenvalue weighted by atomic mass is 9.68. The molecule has 2 saturated carbocycles. The molecule has 116 valence electrons. The zero-order valence-electron chi connectivity index (χ0n) is 12.8. The number of carbonyl (C=O) groups is 1. The Kier molecular flexibility index (Phi) is 5.01. The summed E-state index contributed by atoms with van der Waals surface area (Å²) >= 11 is 0. The van der Waals surface area contributed by atoms with Crippen LogP contribution in [-0.4, -0.2) is 29.4 Å². The lowest BCUT2D eigenvalue weighted by Gasteiger charge is -2.39. The third-order valence-electron chi connectivity index (χ3n) is 5.93. The third-order valence-corrected chi connectivity index (χ3v) is 5.93. The fourth-order valence-corrected chi connectivity index (χ4v) is 4.74. The highest BCUT2D eigenvalue weighted by Gasteiger charge is 2.44. The van der Waals surface area contributed by atoms with Gasteiger partial charge in [-0.2, -0.15) is 0 Å². The van der Waals surface area contributed by atoms with E-state index in [1.165, 1.54) is 32.1 Å². The van der Waals surface area contributed by atoms with Crippen LogP contribution in [0.1, 0.15) is 52.4 Å². The molecule has 0 spiro atoms. The highest BCUT2D eigenvalue weighted by atomic mass is 35.5. The average Bonchev–Trinajstić information content (AvgIpc) is 2.60. The summed E-state index contributed by atoms with van der Waals surface area (Å²) in [6.07, 6.45) is 7.61. The number of nitrogens with two attached hydrogens (primary N) is 1. The number of hydrogen-bond acceptors (Lipinski definition) is 2. The van der Waals surface area contributed by atoms with E-state index in [-0.39, 0.29) is 24.4 Å². The van der Waals surface area contributed by atoms with Crippen molar-refractivity contribution >= 4 is 18.3 Å². The van der Waals surface area contributed by atoms with E-state index in [4.69, 9.17) is 5.73 Å². The topological polar surface area (TPSA) is 46.3 Å². The summed E-state index contributed by atoms with van der Waals surface area (Å²) in [5.74, 6) is 3.06. The maximum Gasteiger partial charge on any atom is 0.240 e. The molecule has 4 bridgehead atoms. The largest absolute Gasteiger partial charge is 0.338 e. The van der Waals surface area contributed by atoms with Crippen molar-refractivity contribution in [3.8, 4) is 0 Å². The fraction of sp³-hybridized carbons (Fsp3) is 0.938.